The first kappa shape index (κ1) is 19.9. The van der Waals surface area contributed by atoms with E-state index in [1.807, 2.05) is 52.0 Å². The van der Waals surface area contributed by atoms with E-state index in [4.69, 9.17) is 4.74 Å². The van der Waals surface area contributed by atoms with Gasteiger partial charge in [-0.3, -0.25) is 4.79 Å². The van der Waals surface area contributed by atoms with Gasteiger partial charge in [-0.2, -0.15) is 0 Å². The molecule has 3 rings (SSSR count). The molecule has 5 nitrogen and oxygen atoms in total. The number of hydrogen-bond donors (Lipinski definition) is 1. The smallest absolute Gasteiger partial charge is 0.253 e. The van der Waals surface area contributed by atoms with E-state index in [1.165, 1.54) is 12.1 Å². The lowest BCUT2D eigenvalue weighted by Gasteiger charge is -2.10. The summed E-state index contributed by atoms with van der Waals surface area (Å²) in [5, 5.41) is 2.83. The van der Waals surface area contributed by atoms with E-state index < -0.39 is 5.82 Å². The van der Waals surface area contributed by atoms with Crippen molar-refractivity contribution < 1.29 is 13.9 Å². The highest BCUT2D eigenvalue weighted by molar-refractivity contribution is 6.04. The Balaban J connectivity index is 1.74. The molecule has 3 aromatic rings. The number of nitrogens with zero attached hydrogens (tertiary/aromatic N) is 2. The molecule has 0 radical (unpaired) electrons. The van der Waals surface area contributed by atoms with Crippen molar-refractivity contribution in [2.24, 2.45) is 0 Å². The molecule has 0 aliphatic rings. The number of fused-ring (bicyclic) bond motifs is 1. The van der Waals surface area contributed by atoms with Crippen molar-refractivity contribution in [3.05, 3.63) is 70.3 Å². The number of ether oxygens (including phenoxy) is 1. The Labute approximate surface area is 164 Å². The Morgan fingerprint density at radius 2 is 1.71 bits per heavy atom. The molecule has 28 heavy (non-hydrogen) atoms. The van der Waals surface area contributed by atoms with Gasteiger partial charge in [0.15, 0.2) is 0 Å². The van der Waals surface area contributed by atoms with Gasteiger partial charge in [0, 0.05) is 12.6 Å². The Bertz CT molecular complexity index is 1000. The van der Waals surface area contributed by atoms with Crippen LogP contribution in [0.25, 0.3) is 11.0 Å². The molecule has 146 valence electrons. The predicted octanol–water partition coefficient (Wildman–Crippen LogP) is 4.24. The second kappa shape index (κ2) is 8.44. The summed E-state index contributed by atoms with van der Waals surface area (Å²) in [5.41, 5.74) is 4.42. The van der Waals surface area contributed by atoms with Crippen LogP contribution in [0.15, 0.2) is 36.4 Å². The van der Waals surface area contributed by atoms with E-state index in [0.29, 0.717) is 35.6 Å². The number of carbonyl (C=O) groups excluding carboxylic acids is 1. The zero-order valence-electron chi connectivity index (χ0n) is 16.5. The zero-order valence-corrected chi connectivity index (χ0v) is 16.5. The maximum Gasteiger partial charge on any atom is 0.253 e. The highest BCUT2D eigenvalue weighted by atomic mass is 19.1. The molecule has 0 spiro atoms. The minimum Gasteiger partial charge on any atom is -0.374 e. The van der Waals surface area contributed by atoms with Gasteiger partial charge in [0.05, 0.1) is 35.2 Å². The minimum absolute atomic E-state index is 0.176. The summed E-state index contributed by atoms with van der Waals surface area (Å²) in [7, 11) is 0. The Morgan fingerprint density at radius 3 is 2.39 bits per heavy atom. The first-order valence-electron chi connectivity index (χ1n) is 9.25. The maximum atomic E-state index is 14.0. The molecule has 0 atom stereocenters. The molecular formula is C22H24FN3O2. The Morgan fingerprint density at radius 1 is 1.07 bits per heavy atom. The summed E-state index contributed by atoms with van der Waals surface area (Å²) in [6.07, 6.45) is 0.176. The van der Waals surface area contributed by atoms with Crippen molar-refractivity contribution in [3.63, 3.8) is 0 Å². The van der Waals surface area contributed by atoms with Crippen molar-refractivity contribution in [3.8, 4) is 0 Å². The van der Waals surface area contributed by atoms with Gasteiger partial charge < -0.3 is 10.1 Å². The third-order valence-electron chi connectivity index (χ3n) is 4.45. The molecule has 2 aromatic carbocycles. The van der Waals surface area contributed by atoms with Gasteiger partial charge in [-0.25, -0.2) is 14.4 Å². The average Bonchev–Trinajstić information content (AvgIpc) is 2.66. The number of halogens is 1. The second-order valence-electron chi connectivity index (χ2n) is 7.07. The SMILES string of the molecule is Cc1nc2cc(F)cc(C(=O)NCc3ccc(COC(C)C)cc3)c2nc1C. The van der Waals surface area contributed by atoms with Crippen molar-refractivity contribution in [1.82, 2.24) is 15.3 Å². The topological polar surface area (TPSA) is 64.1 Å². The third kappa shape index (κ3) is 4.70. The predicted molar refractivity (Wildman–Crippen MR) is 107 cm³/mol. The maximum absolute atomic E-state index is 14.0. The highest BCUT2D eigenvalue weighted by Crippen LogP contribution is 2.19. The number of nitrogens with one attached hydrogen (secondary N) is 1. The highest BCUT2D eigenvalue weighted by Gasteiger charge is 2.15. The molecule has 6 heteroatoms. The quantitative estimate of drug-likeness (QED) is 0.694. The molecule has 0 bridgehead atoms. The monoisotopic (exact) mass is 381 g/mol. The summed E-state index contributed by atoms with van der Waals surface area (Å²) in [4.78, 5) is 21.4. The van der Waals surface area contributed by atoms with Crippen molar-refractivity contribution in [2.45, 2.75) is 47.0 Å². The third-order valence-corrected chi connectivity index (χ3v) is 4.45. The van der Waals surface area contributed by atoms with Crippen molar-refractivity contribution in [1.29, 1.82) is 0 Å². The second-order valence-corrected chi connectivity index (χ2v) is 7.07. The van der Waals surface area contributed by atoms with Gasteiger partial charge in [-0.05, 0) is 44.9 Å². The lowest BCUT2D eigenvalue weighted by molar-refractivity contribution is 0.0657. The van der Waals surface area contributed by atoms with Crippen LogP contribution in [0.3, 0.4) is 0 Å². The van der Waals surface area contributed by atoms with Crippen LogP contribution in [0.2, 0.25) is 0 Å². The Kier molecular flexibility index (Phi) is 5.99. The molecule has 1 aromatic heterocycles. The van der Waals surface area contributed by atoms with Gasteiger partial charge in [-0.15, -0.1) is 0 Å². The summed E-state index contributed by atoms with van der Waals surface area (Å²) < 4.78 is 19.5. The van der Waals surface area contributed by atoms with E-state index in [2.05, 4.69) is 15.3 Å². The van der Waals surface area contributed by atoms with Gasteiger partial charge in [-0.1, -0.05) is 24.3 Å². The van der Waals surface area contributed by atoms with E-state index >= 15 is 0 Å². The summed E-state index contributed by atoms with van der Waals surface area (Å²) in [6, 6.07) is 10.3. The van der Waals surface area contributed by atoms with Crippen molar-refractivity contribution >= 4 is 16.9 Å². The fourth-order valence-corrected chi connectivity index (χ4v) is 2.76. The molecule has 0 saturated heterocycles. The number of aromatic nitrogens is 2. The van der Waals surface area contributed by atoms with Crippen LogP contribution in [-0.4, -0.2) is 22.0 Å². The molecule has 1 heterocycles. The first-order valence-corrected chi connectivity index (χ1v) is 9.25. The van der Waals surface area contributed by atoms with Crippen molar-refractivity contribution in [2.75, 3.05) is 0 Å². The number of carbonyl (C=O) groups is 1. The first-order chi connectivity index (χ1) is 13.3. The molecule has 0 unspecified atom stereocenters. The van der Waals surface area contributed by atoms with Crippen LogP contribution >= 0.6 is 0 Å². The number of hydrogen-bond acceptors (Lipinski definition) is 4. The van der Waals surface area contributed by atoms with E-state index in [0.717, 1.165) is 11.1 Å². The standard InChI is InChI=1S/C22H24FN3O2/c1-13(2)28-12-17-7-5-16(6-8-17)11-24-22(27)19-9-18(23)10-20-21(19)26-15(4)14(3)25-20/h5-10,13H,11-12H2,1-4H3,(H,24,27). The lowest BCUT2D eigenvalue weighted by Crippen LogP contribution is -2.23. The van der Waals surface area contributed by atoms with E-state index in [1.54, 1.807) is 0 Å². The summed E-state index contributed by atoms with van der Waals surface area (Å²) in [5.74, 6) is -0.890. The molecule has 0 aliphatic heterocycles. The lowest BCUT2D eigenvalue weighted by atomic mass is 10.1. The number of aryl methyl sites for hydroxylation is 2. The fraction of sp³-hybridized carbons (Fsp3) is 0.318. The van der Waals surface area contributed by atoms with Gasteiger partial charge in [0.25, 0.3) is 5.91 Å². The minimum atomic E-state index is -0.510. The number of benzene rings is 2. The van der Waals surface area contributed by atoms with Crippen LogP contribution < -0.4 is 5.32 Å². The normalized spacial score (nSPS) is 11.2. The Hall–Kier alpha value is -2.86. The van der Waals surface area contributed by atoms with Crippen LogP contribution in [0.1, 0.15) is 46.7 Å². The van der Waals surface area contributed by atoms with Crippen LogP contribution in [-0.2, 0) is 17.9 Å². The summed E-state index contributed by atoms with van der Waals surface area (Å²) >= 11 is 0. The molecule has 0 aliphatic carbocycles. The van der Waals surface area contributed by atoms with E-state index in [-0.39, 0.29) is 17.6 Å². The number of rotatable bonds is 6. The largest absolute Gasteiger partial charge is 0.374 e. The fourth-order valence-electron chi connectivity index (χ4n) is 2.76. The van der Waals surface area contributed by atoms with Gasteiger partial charge >= 0.3 is 0 Å². The summed E-state index contributed by atoms with van der Waals surface area (Å²) in [6.45, 7) is 8.50. The molecule has 0 fully saturated rings. The van der Waals surface area contributed by atoms with Crippen LogP contribution in [0, 0.1) is 19.7 Å². The molecular weight excluding hydrogens is 357 g/mol. The molecule has 1 amide bonds. The van der Waals surface area contributed by atoms with Crippen LogP contribution in [0.4, 0.5) is 4.39 Å². The van der Waals surface area contributed by atoms with Gasteiger partial charge in [0.2, 0.25) is 0 Å². The van der Waals surface area contributed by atoms with Gasteiger partial charge in [0.1, 0.15) is 11.3 Å². The van der Waals surface area contributed by atoms with Crippen LogP contribution in [0.5, 0.6) is 0 Å². The van der Waals surface area contributed by atoms with E-state index in [9.17, 15) is 9.18 Å². The number of amides is 1. The average molecular weight is 381 g/mol. The molecule has 0 saturated carbocycles. The zero-order chi connectivity index (χ0) is 20.3. The molecule has 1 N–H and O–H groups in total.